The van der Waals surface area contributed by atoms with Crippen molar-refractivity contribution in [3.63, 3.8) is 0 Å². The lowest BCUT2D eigenvalue weighted by molar-refractivity contribution is -0.274. The van der Waals surface area contributed by atoms with E-state index in [2.05, 4.69) is 41.0 Å². The van der Waals surface area contributed by atoms with Gasteiger partial charge in [-0.25, -0.2) is 14.6 Å². The molecule has 0 spiro atoms. The lowest BCUT2D eigenvalue weighted by Gasteiger charge is -2.09. The van der Waals surface area contributed by atoms with Gasteiger partial charge in [-0.3, -0.25) is 10.2 Å². The van der Waals surface area contributed by atoms with Gasteiger partial charge in [-0.15, -0.1) is 18.3 Å². The molecule has 10 nitrogen and oxygen atoms in total. The van der Waals surface area contributed by atoms with Crippen LogP contribution in [0.15, 0.2) is 78.2 Å². The van der Waals surface area contributed by atoms with Crippen LogP contribution >= 0.6 is 12.2 Å². The predicted molar refractivity (Wildman–Crippen MR) is 139 cm³/mol. The van der Waals surface area contributed by atoms with Crippen LogP contribution in [-0.2, 0) is 4.79 Å². The van der Waals surface area contributed by atoms with Gasteiger partial charge in [-0.1, -0.05) is 30.3 Å². The van der Waals surface area contributed by atoms with Gasteiger partial charge < -0.3 is 15.4 Å². The molecule has 0 saturated heterocycles. The Morgan fingerprint density at radius 2 is 1.71 bits per heavy atom. The molecule has 0 saturated carbocycles. The first-order valence-electron chi connectivity index (χ1n) is 10.9. The number of halogens is 3. The number of carbonyl (C=O) groups is 1. The maximum absolute atomic E-state index is 12.3. The van der Waals surface area contributed by atoms with Crippen LogP contribution in [0.5, 0.6) is 5.75 Å². The molecule has 0 atom stereocenters. The van der Waals surface area contributed by atoms with Gasteiger partial charge in [-0.05, 0) is 54.2 Å². The Bertz CT molecular complexity index is 1450. The second-order valence-electron chi connectivity index (χ2n) is 7.59. The lowest BCUT2D eigenvalue weighted by Crippen LogP contribution is -2.24. The molecule has 0 bridgehead atoms. The van der Waals surface area contributed by atoms with E-state index in [1.807, 2.05) is 0 Å². The summed E-state index contributed by atoms with van der Waals surface area (Å²) in [5.74, 6) is 0.704. The average molecular weight is 541 g/mol. The highest BCUT2D eigenvalue weighted by Gasteiger charge is 2.31. The van der Waals surface area contributed by atoms with E-state index in [1.165, 1.54) is 42.2 Å². The number of nitrogens with one attached hydrogen (secondary N) is 3. The van der Waals surface area contributed by atoms with Gasteiger partial charge in [0.15, 0.2) is 10.9 Å². The zero-order valence-corrected chi connectivity index (χ0v) is 20.4. The monoisotopic (exact) mass is 540 g/mol. The fraction of sp³-hybridized carbons (Fsp3) is 0.0833. The maximum Gasteiger partial charge on any atom is 0.573 e. The molecule has 0 radical (unpaired) electrons. The third-order valence-electron chi connectivity index (χ3n) is 4.67. The minimum atomic E-state index is -4.75. The summed E-state index contributed by atoms with van der Waals surface area (Å²) in [5, 5.41) is 14.1. The van der Waals surface area contributed by atoms with Crippen molar-refractivity contribution in [2.45, 2.75) is 13.3 Å². The minimum Gasteiger partial charge on any atom is -0.406 e. The lowest BCUT2D eigenvalue weighted by atomic mass is 10.1. The number of ether oxygens (including phenoxy) is 1. The molecule has 2 aromatic heterocycles. The highest BCUT2D eigenvalue weighted by Crippen LogP contribution is 2.24. The Balaban J connectivity index is 1.32. The average Bonchev–Trinajstić information content (AvgIpc) is 3.34. The molecule has 4 rings (SSSR count). The first kappa shape index (κ1) is 26.2. The number of rotatable bonds is 7. The van der Waals surface area contributed by atoms with E-state index in [9.17, 15) is 18.0 Å². The normalized spacial score (nSPS) is 11.3. The van der Waals surface area contributed by atoms with E-state index in [4.69, 9.17) is 12.2 Å². The molecule has 194 valence electrons. The van der Waals surface area contributed by atoms with E-state index < -0.39 is 6.36 Å². The second kappa shape index (κ2) is 11.5. The Morgan fingerprint density at radius 3 is 2.37 bits per heavy atom. The van der Waals surface area contributed by atoms with Crippen LogP contribution in [-0.4, -0.2) is 43.3 Å². The van der Waals surface area contributed by atoms with Crippen molar-refractivity contribution in [1.82, 2.24) is 25.2 Å². The van der Waals surface area contributed by atoms with E-state index >= 15 is 0 Å². The van der Waals surface area contributed by atoms with E-state index in [0.29, 0.717) is 23.1 Å². The van der Waals surface area contributed by atoms with Crippen LogP contribution < -0.4 is 20.8 Å². The van der Waals surface area contributed by atoms with Gasteiger partial charge in [-0.2, -0.15) is 5.10 Å². The van der Waals surface area contributed by atoms with Gasteiger partial charge in [0.1, 0.15) is 23.7 Å². The first-order valence-corrected chi connectivity index (χ1v) is 11.3. The highest BCUT2D eigenvalue weighted by molar-refractivity contribution is 7.80. The number of carbonyl (C=O) groups excluding carboxylic acids is 1. The van der Waals surface area contributed by atoms with Crippen LogP contribution in [0.4, 0.5) is 24.8 Å². The van der Waals surface area contributed by atoms with Gasteiger partial charge >= 0.3 is 6.36 Å². The number of alkyl halides is 3. The van der Waals surface area contributed by atoms with Crippen LogP contribution in [0, 0.1) is 0 Å². The summed E-state index contributed by atoms with van der Waals surface area (Å²) in [6, 6.07) is 17.6. The van der Waals surface area contributed by atoms with Gasteiger partial charge in [0, 0.05) is 12.5 Å². The molecule has 38 heavy (non-hydrogen) atoms. The summed E-state index contributed by atoms with van der Waals surface area (Å²) in [6.45, 7) is 1.39. The van der Waals surface area contributed by atoms with Crippen molar-refractivity contribution < 1.29 is 22.7 Å². The highest BCUT2D eigenvalue weighted by atomic mass is 32.1. The van der Waals surface area contributed by atoms with E-state index in [1.54, 1.807) is 48.7 Å². The maximum atomic E-state index is 12.3. The quantitative estimate of drug-likeness (QED) is 0.178. The molecule has 0 unspecified atom stereocenters. The largest absolute Gasteiger partial charge is 0.573 e. The van der Waals surface area contributed by atoms with Crippen molar-refractivity contribution in [3.8, 4) is 22.8 Å². The van der Waals surface area contributed by atoms with Gasteiger partial charge in [0.25, 0.3) is 0 Å². The van der Waals surface area contributed by atoms with E-state index in [-0.39, 0.29) is 16.8 Å². The summed E-state index contributed by atoms with van der Waals surface area (Å²) >= 11 is 5.20. The topological polar surface area (TPSA) is 118 Å². The zero-order chi connectivity index (χ0) is 27.1. The summed E-state index contributed by atoms with van der Waals surface area (Å²) in [4.78, 5) is 19.6. The molecule has 4 aromatic rings. The van der Waals surface area contributed by atoms with Crippen LogP contribution in [0.25, 0.3) is 17.1 Å². The Morgan fingerprint density at radius 1 is 1.03 bits per heavy atom. The Labute approximate surface area is 219 Å². The van der Waals surface area contributed by atoms with Crippen LogP contribution in [0.1, 0.15) is 12.5 Å². The van der Waals surface area contributed by atoms with E-state index in [0.717, 1.165) is 11.1 Å². The number of benzene rings is 2. The summed E-state index contributed by atoms with van der Waals surface area (Å²) in [7, 11) is 0. The standard InChI is InChI=1S/C24H19F3N8O2S/c1-15(36)30-20-3-2-4-21(31-20)32-23(38)33-29-13-16-5-7-17(8-6-16)22-28-14-35(34-22)18-9-11-19(12-10-18)37-24(25,26)27/h2-14H,1H3,(H3,30,31,32,33,36,38)/b29-13+. The molecule has 2 heterocycles. The van der Waals surface area contributed by atoms with Crippen molar-refractivity contribution >= 4 is 41.1 Å². The number of thiocarbonyl (C=S) groups is 1. The summed E-state index contributed by atoms with van der Waals surface area (Å²) in [5.41, 5.74) is 4.71. The van der Waals surface area contributed by atoms with Crippen LogP contribution in [0.3, 0.4) is 0 Å². The molecule has 0 aliphatic heterocycles. The van der Waals surface area contributed by atoms with Crippen LogP contribution in [0.2, 0.25) is 0 Å². The van der Waals surface area contributed by atoms with Crippen molar-refractivity contribution in [1.29, 1.82) is 0 Å². The first-order chi connectivity index (χ1) is 18.1. The molecule has 0 aliphatic rings. The van der Waals surface area contributed by atoms with Crippen molar-refractivity contribution in [2.75, 3.05) is 10.6 Å². The summed E-state index contributed by atoms with van der Waals surface area (Å²) < 4.78 is 42.3. The zero-order valence-electron chi connectivity index (χ0n) is 19.6. The number of nitrogens with zero attached hydrogens (tertiary/aromatic N) is 5. The molecule has 14 heteroatoms. The van der Waals surface area contributed by atoms with Crippen molar-refractivity contribution in [3.05, 3.63) is 78.6 Å². The Hall–Kier alpha value is -4.85. The number of anilines is 2. The molecule has 0 aliphatic carbocycles. The number of hydrazone groups is 1. The number of amides is 1. The van der Waals surface area contributed by atoms with Crippen molar-refractivity contribution in [2.24, 2.45) is 5.10 Å². The fourth-order valence-corrected chi connectivity index (χ4v) is 3.26. The second-order valence-corrected chi connectivity index (χ2v) is 8.00. The Kier molecular flexibility index (Phi) is 7.91. The number of pyridine rings is 1. The summed E-state index contributed by atoms with van der Waals surface area (Å²) in [6.07, 6.45) is -1.73. The SMILES string of the molecule is CC(=O)Nc1cccc(NC(=S)N/N=C/c2ccc(-c3ncn(-c4ccc(OC(F)(F)F)cc4)n3)cc2)n1. The smallest absolute Gasteiger partial charge is 0.406 e. The number of hydrogen-bond donors (Lipinski definition) is 3. The predicted octanol–water partition coefficient (Wildman–Crippen LogP) is 4.51. The molecule has 3 N–H and O–H groups in total. The molecule has 0 fully saturated rings. The third kappa shape index (κ3) is 7.57. The molecule has 1 amide bonds. The fourth-order valence-electron chi connectivity index (χ4n) is 3.10. The molecular formula is C24H19F3N8O2S. The number of hydrogen-bond acceptors (Lipinski definition) is 7. The van der Waals surface area contributed by atoms with Gasteiger partial charge in [0.2, 0.25) is 5.91 Å². The minimum absolute atomic E-state index is 0.207. The van der Waals surface area contributed by atoms with Gasteiger partial charge in [0.05, 0.1) is 11.9 Å². The number of aromatic nitrogens is 4. The molecule has 2 aromatic carbocycles. The third-order valence-corrected chi connectivity index (χ3v) is 4.86. The molecular weight excluding hydrogens is 521 g/mol.